The van der Waals surface area contributed by atoms with Crippen molar-refractivity contribution >= 4 is 29.0 Å². The summed E-state index contributed by atoms with van der Waals surface area (Å²) >= 11 is 11.7. The van der Waals surface area contributed by atoms with E-state index in [1.807, 2.05) is 6.07 Å². The second kappa shape index (κ2) is 4.77. The molecule has 4 nitrogen and oxygen atoms in total. The summed E-state index contributed by atoms with van der Waals surface area (Å²) in [4.78, 5) is 17.8. The van der Waals surface area contributed by atoms with Crippen molar-refractivity contribution in [2.75, 3.05) is 5.73 Å². The van der Waals surface area contributed by atoms with Crippen LogP contribution in [0.3, 0.4) is 0 Å². The molecule has 2 aromatic rings. The Hall–Kier alpha value is -1.52. The van der Waals surface area contributed by atoms with Crippen molar-refractivity contribution in [1.29, 1.82) is 0 Å². The molecule has 1 aromatic heterocycles. The molecule has 6 heteroatoms. The summed E-state index contributed by atoms with van der Waals surface area (Å²) in [6, 6.07) is 6.48. The maximum atomic E-state index is 11.2. The number of nitrogens with one attached hydrogen (secondary N) is 1. The molecule has 1 heterocycles. The van der Waals surface area contributed by atoms with Crippen LogP contribution in [-0.2, 0) is 6.42 Å². The van der Waals surface area contributed by atoms with Gasteiger partial charge in [0.15, 0.2) is 0 Å². The molecule has 0 amide bonds. The molecule has 0 unspecified atom stereocenters. The van der Waals surface area contributed by atoms with Crippen LogP contribution in [-0.4, -0.2) is 9.97 Å². The highest BCUT2D eigenvalue weighted by molar-refractivity contribution is 6.42. The third kappa shape index (κ3) is 2.99. The summed E-state index contributed by atoms with van der Waals surface area (Å²) in [6.45, 7) is 0. The van der Waals surface area contributed by atoms with E-state index < -0.39 is 0 Å². The molecule has 2 rings (SSSR count). The van der Waals surface area contributed by atoms with Crippen molar-refractivity contribution in [2.45, 2.75) is 6.42 Å². The molecule has 0 aliphatic carbocycles. The van der Waals surface area contributed by atoms with Gasteiger partial charge in [-0.1, -0.05) is 29.3 Å². The number of rotatable bonds is 2. The number of aromatic nitrogens is 2. The van der Waals surface area contributed by atoms with E-state index in [4.69, 9.17) is 28.9 Å². The van der Waals surface area contributed by atoms with Gasteiger partial charge < -0.3 is 10.7 Å². The van der Waals surface area contributed by atoms with Gasteiger partial charge in [-0.3, -0.25) is 4.79 Å². The zero-order chi connectivity index (χ0) is 12.4. The minimum atomic E-state index is -0.271. The number of halogens is 2. The average molecular weight is 270 g/mol. The molecule has 0 aliphatic rings. The predicted octanol–water partition coefficient (Wildman–Crippen LogP) is 2.25. The maximum Gasteiger partial charge on any atom is 0.252 e. The predicted molar refractivity (Wildman–Crippen MR) is 68.5 cm³/mol. The smallest absolute Gasteiger partial charge is 0.252 e. The highest BCUT2D eigenvalue weighted by atomic mass is 35.5. The highest BCUT2D eigenvalue weighted by Gasteiger charge is 2.03. The van der Waals surface area contributed by atoms with E-state index in [0.717, 1.165) is 5.56 Å². The molecule has 0 aliphatic heterocycles. The summed E-state index contributed by atoms with van der Waals surface area (Å²) < 4.78 is 0. The van der Waals surface area contributed by atoms with E-state index in [1.165, 1.54) is 6.07 Å². The first-order valence-corrected chi connectivity index (χ1v) is 5.60. The lowest BCUT2D eigenvalue weighted by Gasteiger charge is -2.03. The third-order valence-corrected chi connectivity index (χ3v) is 2.91. The minimum absolute atomic E-state index is 0.198. The fraction of sp³-hybridized carbons (Fsp3) is 0.0909. The fourth-order valence-electron chi connectivity index (χ4n) is 1.46. The standard InChI is InChI=1S/C11H9Cl2N3O/c12-7-2-1-6(3-8(7)13)4-10-15-9(14)5-11(17)16-10/h1-3,5H,4H2,(H3,14,15,16,17). The lowest BCUT2D eigenvalue weighted by atomic mass is 10.1. The summed E-state index contributed by atoms with van der Waals surface area (Å²) in [5.74, 6) is 0.692. The van der Waals surface area contributed by atoms with Crippen LogP contribution in [0.5, 0.6) is 0 Å². The molecule has 88 valence electrons. The van der Waals surface area contributed by atoms with Crippen molar-refractivity contribution < 1.29 is 0 Å². The molecule has 0 bridgehead atoms. The second-order valence-corrected chi connectivity index (χ2v) is 4.36. The minimum Gasteiger partial charge on any atom is -0.383 e. The van der Waals surface area contributed by atoms with Crippen LogP contribution in [0.1, 0.15) is 11.4 Å². The van der Waals surface area contributed by atoms with Gasteiger partial charge in [0.25, 0.3) is 5.56 Å². The first-order valence-electron chi connectivity index (χ1n) is 4.84. The molecule has 3 N–H and O–H groups in total. The van der Waals surface area contributed by atoms with Crippen molar-refractivity contribution in [3.05, 3.63) is 56.1 Å². The number of nitrogens with zero attached hydrogens (tertiary/aromatic N) is 1. The number of aromatic amines is 1. The quantitative estimate of drug-likeness (QED) is 0.879. The largest absolute Gasteiger partial charge is 0.383 e. The molecule has 0 spiro atoms. The number of anilines is 1. The van der Waals surface area contributed by atoms with Gasteiger partial charge in [-0.05, 0) is 17.7 Å². The topological polar surface area (TPSA) is 71.8 Å². The van der Waals surface area contributed by atoms with Gasteiger partial charge >= 0.3 is 0 Å². The number of hydrogen-bond acceptors (Lipinski definition) is 3. The molecule has 1 aromatic carbocycles. The number of nitrogens with two attached hydrogens (primary N) is 1. The van der Waals surface area contributed by atoms with Crippen molar-refractivity contribution in [1.82, 2.24) is 9.97 Å². The first-order chi connectivity index (χ1) is 8.04. The van der Waals surface area contributed by atoms with Crippen LogP contribution in [0.25, 0.3) is 0 Å². The molecule has 0 radical (unpaired) electrons. The van der Waals surface area contributed by atoms with E-state index >= 15 is 0 Å². The number of benzene rings is 1. The highest BCUT2D eigenvalue weighted by Crippen LogP contribution is 2.23. The van der Waals surface area contributed by atoms with Gasteiger partial charge in [-0.25, -0.2) is 4.98 Å². The van der Waals surface area contributed by atoms with E-state index in [1.54, 1.807) is 12.1 Å². The second-order valence-electron chi connectivity index (χ2n) is 3.54. The summed E-state index contributed by atoms with van der Waals surface area (Å²) in [5.41, 5.74) is 6.11. The molecule has 0 atom stereocenters. The monoisotopic (exact) mass is 269 g/mol. The van der Waals surface area contributed by atoms with Crippen LogP contribution in [0, 0.1) is 0 Å². The van der Waals surface area contributed by atoms with Gasteiger partial charge in [0.2, 0.25) is 0 Å². The first kappa shape index (κ1) is 12.0. The molecular weight excluding hydrogens is 261 g/mol. The number of H-pyrrole nitrogens is 1. The zero-order valence-corrected chi connectivity index (χ0v) is 10.2. The molecular formula is C11H9Cl2N3O. The maximum absolute atomic E-state index is 11.2. The van der Waals surface area contributed by atoms with Gasteiger partial charge in [0, 0.05) is 12.5 Å². The van der Waals surface area contributed by atoms with E-state index in [-0.39, 0.29) is 11.4 Å². The van der Waals surface area contributed by atoms with Gasteiger partial charge in [0.1, 0.15) is 11.6 Å². The SMILES string of the molecule is Nc1cc(=O)[nH]c(Cc2ccc(Cl)c(Cl)c2)n1. The van der Waals surface area contributed by atoms with Crippen molar-refractivity contribution in [3.63, 3.8) is 0 Å². The summed E-state index contributed by atoms with van der Waals surface area (Å²) in [7, 11) is 0. The number of nitrogen functional groups attached to an aromatic ring is 1. The Morgan fingerprint density at radius 1 is 1.24 bits per heavy atom. The molecule has 17 heavy (non-hydrogen) atoms. The Balaban J connectivity index is 2.31. The van der Waals surface area contributed by atoms with Crippen LogP contribution in [0.15, 0.2) is 29.1 Å². The molecule has 0 fully saturated rings. The average Bonchev–Trinajstić information content (AvgIpc) is 2.22. The van der Waals surface area contributed by atoms with Crippen LogP contribution >= 0.6 is 23.2 Å². The Morgan fingerprint density at radius 2 is 2.00 bits per heavy atom. The lowest BCUT2D eigenvalue weighted by Crippen LogP contribution is -2.12. The summed E-state index contributed by atoms with van der Waals surface area (Å²) in [6.07, 6.45) is 0.442. The Bertz CT molecular complexity index is 610. The van der Waals surface area contributed by atoms with Gasteiger partial charge in [-0.15, -0.1) is 0 Å². The Kier molecular flexibility index (Phi) is 3.36. The van der Waals surface area contributed by atoms with Gasteiger partial charge in [0.05, 0.1) is 10.0 Å². The number of hydrogen-bond donors (Lipinski definition) is 2. The molecule has 0 saturated heterocycles. The fourth-order valence-corrected chi connectivity index (χ4v) is 1.78. The third-order valence-electron chi connectivity index (χ3n) is 2.17. The van der Waals surface area contributed by atoms with Crippen LogP contribution in [0.4, 0.5) is 5.82 Å². The Labute approximate surface area is 107 Å². The lowest BCUT2D eigenvalue weighted by molar-refractivity contribution is 0.952. The van der Waals surface area contributed by atoms with E-state index in [2.05, 4.69) is 9.97 Å². The van der Waals surface area contributed by atoms with Crippen molar-refractivity contribution in [3.8, 4) is 0 Å². The van der Waals surface area contributed by atoms with Crippen LogP contribution < -0.4 is 11.3 Å². The summed E-state index contributed by atoms with van der Waals surface area (Å²) in [5, 5.41) is 0.958. The van der Waals surface area contributed by atoms with E-state index in [9.17, 15) is 4.79 Å². The normalized spacial score (nSPS) is 10.5. The zero-order valence-electron chi connectivity index (χ0n) is 8.71. The van der Waals surface area contributed by atoms with Crippen molar-refractivity contribution in [2.24, 2.45) is 0 Å². The molecule has 0 saturated carbocycles. The van der Waals surface area contributed by atoms with Gasteiger partial charge in [-0.2, -0.15) is 0 Å². The Morgan fingerprint density at radius 3 is 2.65 bits per heavy atom. The van der Waals surface area contributed by atoms with Crippen LogP contribution in [0.2, 0.25) is 10.0 Å². The van der Waals surface area contributed by atoms with E-state index in [0.29, 0.717) is 22.3 Å².